The summed E-state index contributed by atoms with van der Waals surface area (Å²) >= 11 is 1.42. The van der Waals surface area contributed by atoms with Crippen molar-refractivity contribution >= 4 is 29.4 Å². The fourth-order valence-electron chi connectivity index (χ4n) is 2.12. The van der Waals surface area contributed by atoms with Crippen LogP contribution in [0, 0.1) is 0 Å². The van der Waals surface area contributed by atoms with E-state index in [2.05, 4.69) is 10.5 Å². The van der Waals surface area contributed by atoms with Gasteiger partial charge in [-0.25, -0.2) is 5.48 Å². The lowest BCUT2D eigenvalue weighted by atomic mass is 10.1. The molecule has 25 heavy (non-hydrogen) atoms. The van der Waals surface area contributed by atoms with Crippen molar-refractivity contribution < 1.29 is 25.1 Å². The number of amides is 2. The number of thiophene rings is 1. The van der Waals surface area contributed by atoms with E-state index in [1.165, 1.54) is 30.0 Å². The monoisotopic (exact) mass is 363 g/mol. The first-order chi connectivity index (χ1) is 12.0. The Bertz CT molecular complexity index is 770. The van der Waals surface area contributed by atoms with Gasteiger partial charge in [-0.2, -0.15) is 0 Å². The molecule has 0 unspecified atom stereocenters. The first-order valence-electron chi connectivity index (χ1n) is 7.27. The number of aliphatic hydroxyl groups excluding tert-OH is 1. The molecule has 5 N–H and O–H groups in total. The quantitative estimate of drug-likeness (QED) is 0.228. The number of oxime groups is 1. The second-order valence-electron chi connectivity index (χ2n) is 5.19. The van der Waals surface area contributed by atoms with Crippen molar-refractivity contribution in [1.29, 1.82) is 0 Å². The summed E-state index contributed by atoms with van der Waals surface area (Å²) in [7, 11) is 0. The number of carbonyl (C=O) groups is 2. The van der Waals surface area contributed by atoms with Crippen molar-refractivity contribution in [3.05, 3.63) is 46.8 Å². The van der Waals surface area contributed by atoms with E-state index in [0.29, 0.717) is 5.56 Å². The minimum atomic E-state index is -1.27. The van der Waals surface area contributed by atoms with Gasteiger partial charge in [-0.1, -0.05) is 17.3 Å². The standard InChI is InChI=1S/C16H17N3O5S/c1-9(20)14(16(22)19-24)18-15(21)11-4-2-10(3-5-11)13-7-6-12(25-13)8-17-23/h2-9,14,20,23-24H,1H3,(H,18,21)(H,19,22)/t9-,14+/m1/s1. The van der Waals surface area contributed by atoms with Gasteiger partial charge in [0.2, 0.25) is 0 Å². The number of nitrogens with one attached hydrogen (secondary N) is 2. The SMILES string of the molecule is C[C@@H](O)[C@H](NC(=O)c1ccc(-c2ccc(C=NO)s2)cc1)C(=O)NO. The maximum atomic E-state index is 12.2. The molecular formula is C16H17N3O5S. The van der Waals surface area contributed by atoms with Crippen LogP contribution in [0.1, 0.15) is 22.2 Å². The number of hydroxylamine groups is 1. The van der Waals surface area contributed by atoms with Gasteiger partial charge >= 0.3 is 0 Å². The van der Waals surface area contributed by atoms with E-state index in [4.69, 9.17) is 10.4 Å². The number of aliphatic hydroxyl groups is 1. The molecule has 2 amide bonds. The second-order valence-corrected chi connectivity index (χ2v) is 6.31. The molecule has 0 aliphatic carbocycles. The molecule has 2 atom stereocenters. The molecule has 0 bridgehead atoms. The van der Waals surface area contributed by atoms with Gasteiger partial charge in [0, 0.05) is 15.3 Å². The summed E-state index contributed by atoms with van der Waals surface area (Å²) in [5, 5.41) is 32.1. The van der Waals surface area contributed by atoms with Crippen molar-refractivity contribution in [3.63, 3.8) is 0 Å². The van der Waals surface area contributed by atoms with Gasteiger partial charge in [0.25, 0.3) is 11.8 Å². The van der Waals surface area contributed by atoms with Gasteiger partial charge < -0.3 is 15.6 Å². The van der Waals surface area contributed by atoms with Crippen LogP contribution in [0.5, 0.6) is 0 Å². The number of rotatable bonds is 6. The lowest BCUT2D eigenvalue weighted by Gasteiger charge is -2.19. The maximum absolute atomic E-state index is 12.2. The van der Waals surface area contributed by atoms with Gasteiger partial charge in [0.15, 0.2) is 0 Å². The molecule has 8 nitrogen and oxygen atoms in total. The average molecular weight is 363 g/mol. The van der Waals surface area contributed by atoms with E-state index >= 15 is 0 Å². The van der Waals surface area contributed by atoms with E-state index < -0.39 is 24.0 Å². The first-order valence-corrected chi connectivity index (χ1v) is 8.08. The van der Waals surface area contributed by atoms with Crippen LogP contribution in [0.25, 0.3) is 10.4 Å². The molecular weight excluding hydrogens is 346 g/mol. The Kier molecular flexibility index (Phi) is 6.23. The molecule has 132 valence electrons. The van der Waals surface area contributed by atoms with E-state index in [0.717, 1.165) is 15.3 Å². The Morgan fingerprint density at radius 1 is 1.20 bits per heavy atom. The zero-order chi connectivity index (χ0) is 18.4. The fraction of sp³-hybridized carbons (Fsp3) is 0.188. The maximum Gasteiger partial charge on any atom is 0.268 e. The van der Waals surface area contributed by atoms with E-state index in [9.17, 15) is 14.7 Å². The van der Waals surface area contributed by atoms with Crippen LogP contribution < -0.4 is 10.8 Å². The predicted molar refractivity (Wildman–Crippen MR) is 92.0 cm³/mol. The van der Waals surface area contributed by atoms with Crippen LogP contribution in [0.4, 0.5) is 0 Å². The van der Waals surface area contributed by atoms with Crippen LogP contribution in [0.3, 0.4) is 0 Å². The summed E-state index contributed by atoms with van der Waals surface area (Å²) in [6.45, 7) is 1.33. The summed E-state index contributed by atoms with van der Waals surface area (Å²) in [5.41, 5.74) is 2.58. The number of carbonyl (C=O) groups excluding carboxylic acids is 2. The van der Waals surface area contributed by atoms with Crippen molar-refractivity contribution in [2.24, 2.45) is 5.16 Å². The molecule has 1 aromatic heterocycles. The Labute approximate surface area is 147 Å². The summed E-state index contributed by atoms with van der Waals surface area (Å²) < 4.78 is 0. The lowest BCUT2D eigenvalue weighted by Crippen LogP contribution is -2.51. The normalized spacial score (nSPS) is 13.4. The summed E-state index contributed by atoms with van der Waals surface area (Å²) in [5.74, 6) is -1.46. The highest BCUT2D eigenvalue weighted by atomic mass is 32.1. The van der Waals surface area contributed by atoms with Gasteiger partial charge in [0.05, 0.1) is 12.3 Å². The number of nitrogens with zero attached hydrogens (tertiary/aromatic N) is 1. The second kappa shape index (κ2) is 8.38. The van der Waals surface area contributed by atoms with Crippen molar-refractivity contribution in [2.45, 2.75) is 19.1 Å². The Morgan fingerprint density at radius 2 is 1.88 bits per heavy atom. The molecule has 1 aromatic carbocycles. The molecule has 2 rings (SSSR count). The molecule has 0 spiro atoms. The smallest absolute Gasteiger partial charge is 0.268 e. The molecule has 0 aliphatic rings. The topological polar surface area (TPSA) is 131 Å². The molecule has 0 fully saturated rings. The van der Waals surface area contributed by atoms with Crippen LogP contribution in [-0.2, 0) is 4.79 Å². The summed E-state index contributed by atoms with van der Waals surface area (Å²) in [4.78, 5) is 25.4. The van der Waals surface area contributed by atoms with E-state index in [-0.39, 0.29) is 0 Å². The van der Waals surface area contributed by atoms with Crippen LogP contribution in [0.15, 0.2) is 41.6 Å². The highest BCUT2D eigenvalue weighted by Gasteiger charge is 2.25. The highest BCUT2D eigenvalue weighted by molar-refractivity contribution is 7.17. The average Bonchev–Trinajstić information content (AvgIpc) is 3.07. The van der Waals surface area contributed by atoms with Crippen LogP contribution in [-0.4, -0.2) is 45.7 Å². The van der Waals surface area contributed by atoms with Gasteiger partial charge in [-0.15, -0.1) is 11.3 Å². The van der Waals surface area contributed by atoms with Gasteiger partial charge in [-0.3, -0.25) is 14.8 Å². The van der Waals surface area contributed by atoms with Gasteiger partial charge in [0.1, 0.15) is 6.04 Å². The molecule has 0 saturated heterocycles. The van der Waals surface area contributed by atoms with Crippen LogP contribution >= 0.6 is 11.3 Å². The molecule has 0 aliphatic heterocycles. The molecule has 9 heteroatoms. The molecule has 1 heterocycles. The minimum Gasteiger partial charge on any atom is -0.411 e. The number of hydrogen-bond acceptors (Lipinski definition) is 7. The van der Waals surface area contributed by atoms with Crippen molar-refractivity contribution in [3.8, 4) is 10.4 Å². The lowest BCUT2D eigenvalue weighted by molar-refractivity contribution is -0.133. The minimum absolute atomic E-state index is 0.300. The Hall–Kier alpha value is -2.75. The zero-order valence-electron chi connectivity index (χ0n) is 13.2. The molecule has 0 saturated carbocycles. The first kappa shape index (κ1) is 18.6. The Balaban J connectivity index is 2.12. The third-order valence-corrected chi connectivity index (χ3v) is 4.47. The summed E-state index contributed by atoms with van der Waals surface area (Å²) in [6, 6.07) is 9.05. The van der Waals surface area contributed by atoms with Gasteiger partial charge in [-0.05, 0) is 36.8 Å². The Morgan fingerprint density at radius 3 is 2.44 bits per heavy atom. The summed E-state index contributed by atoms with van der Waals surface area (Å²) in [6.07, 6.45) is 0.159. The fourth-order valence-corrected chi connectivity index (χ4v) is 3.00. The molecule has 0 radical (unpaired) electrons. The van der Waals surface area contributed by atoms with Crippen LogP contribution in [0.2, 0.25) is 0 Å². The van der Waals surface area contributed by atoms with Crippen molar-refractivity contribution in [2.75, 3.05) is 0 Å². The number of benzene rings is 1. The number of hydrogen-bond donors (Lipinski definition) is 5. The largest absolute Gasteiger partial charge is 0.411 e. The van der Waals surface area contributed by atoms with E-state index in [1.54, 1.807) is 30.3 Å². The van der Waals surface area contributed by atoms with Crippen molar-refractivity contribution in [1.82, 2.24) is 10.8 Å². The zero-order valence-corrected chi connectivity index (χ0v) is 14.0. The highest BCUT2D eigenvalue weighted by Crippen LogP contribution is 2.27. The third-order valence-electron chi connectivity index (χ3n) is 3.41. The predicted octanol–water partition coefficient (Wildman–Crippen LogP) is 1.21. The third kappa shape index (κ3) is 4.63. The van der Waals surface area contributed by atoms with E-state index in [1.807, 2.05) is 6.07 Å². The molecule has 2 aromatic rings.